The molecule has 0 N–H and O–H groups in total. The van der Waals surface area contributed by atoms with Gasteiger partial charge in [0.05, 0.1) is 35.1 Å². The zero-order chi connectivity index (χ0) is 29.3. The van der Waals surface area contributed by atoms with E-state index in [9.17, 15) is 5.26 Å². The largest absolute Gasteiger partial charge is 0.375 e. The van der Waals surface area contributed by atoms with E-state index in [2.05, 4.69) is 52.5 Å². The molecular weight excluding hydrogens is 534 g/mol. The molecule has 1 spiro atoms. The molecule has 0 aromatic heterocycles. The van der Waals surface area contributed by atoms with Crippen LogP contribution in [-0.4, -0.2) is 34.5 Å². The minimum atomic E-state index is -1.15. The normalized spacial score (nSPS) is 28.9. The maximum atomic E-state index is 15.1. The highest BCUT2D eigenvalue weighted by Gasteiger charge is 2.73. The van der Waals surface area contributed by atoms with E-state index in [-0.39, 0.29) is 11.8 Å². The lowest BCUT2D eigenvalue weighted by Crippen LogP contribution is -2.52. The van der Waals surface area contributed by atoms with Crippen LogP contribution in [0.3, 0.4) is 0 Å². The Bertz CT molecular complexity index is 1850. The van der Waals surface area contributed by atoms with Gasteiger partial charge in [-0.25, -0.2) is 4.90 Å². The van der Waals surface area contributed by atoms with Gasteiger partial charge in [0, 0.05) is 11.5 Å². The molecule has 0 bridgehead atoms. The molecule has 8 rings (SSSR count). The van der Waals surface area contributed by atoms with Gasteiger partial charge in [-0.2, -0.15) is 15.4 Å². The molecule has 4 aliphatic heterocycles. The summed E-state index contributed by atoms with van der Waals surface area (Å²) in [6, 6.07) is 37.5. The van der Waals surface area contributed by atoms with Gasteiger partial charge in [-0.15, -0.1) is 0 Å². The van der Waals surface area contributed by atoms with Gasteiger partial charge in [-0.1, -0.05) is 108 Å². The van der Waals surface area contributed by atoms with E-state index < -0.39 is 29.6 Å². The Kier molecular flexibility index (Phi) is 5.65. The number of aryl methyl sites for hydroxylation is 1. The Morgan fingerprint density at radius 1 is 0.837 bits per heavy atom. The predicted molar refractivity (Wildman–Crippen MR) is 164 cm³/mol. The van der Waals surface area contributed by atoms with Crippen LogP contribution in [0, 0.1) is 23.7 Å². The van der Waals surface area contributed by atoms with E-state index in [1.165, 1.54) is 5.01 Å². The van der Waals surface area contributed by atoms with Crippen molar-refractivity contribution >= 4 is 23.0 Å². The maximum absolute atomic E-state index is 15.1. The average molecular weight is 564 g/mol. The molecule has 0 unspecified atom stereocenters. The number of hydrazone groups is 1. The van der Waals surface area contributed by atoms with E-state index in [1.807, 2.05) is 86.6 Å². The summed E-state index contributed by atoms with van der Waals surface area (Å²) in [5.41, 5.74) is 6.16. The number of para-hydroxylation sites is 1. The fraction of sp³-hybridized carbons (Fsp3) is 0.222. The summed E-state index contributed by atoms with van der Waals surface area (Å²) in [4.78, 5) is 23.5. The zero-order valence-corrected chi connectivity index (χ0v) is 23.8. The number of amides is 1. The standard InChI is InChI=1S/C36H29N5O2/c1-22-17-19-24(20-18-22)31-29(21-37)40-33(36(31)23(2)38-41(35(36)42)26-13-7-4-8-14-26)28-16-10-9-15-27(28)30-32(39-43-34(30)40)25-11-5-3-6-12-25/h3-20,29-31,33-34H,1-2H3/t29-,30-,31-,33-,34+,36-/m1/s1. The summed E-state index contributed by atoms with van der Waals surface area (Å²) >= 11 is 0. The van der Waals surface area contributed by atoms with Gasteiger partial charge < -0.3 is 4.84 Å². The van der Waals surface area contributed by atoms with Crippen LogP contribution >= 0.6 is 0 Å². The van der Waals surface area contributed by atoms with Crippen molar-refractivity contribution in [2.45, 2.75) is 44.0 Å². The maximum Gasteiger partial charge on any atom is 0.262 e. The number of anilines is 1. The van der Waals surface area contributed by atoms with E-state index in [0.29, 0.717) is 11.4 Å². The predicted octanol–water partition coefficient (Wildman–Crippen LogP) is 6.29. The summed E-state index contributed by atoms with van der Waals surface area (Å²) in [6.07, 6.45) is -0.557. The number of hydrogen-bond acceptors (Lipinski definition) is 6. The highest BCUT2D eigenvalue weighted by atomic mass is 16.7. The van der Waals surface area contributed by atoms with E-state index in [0.717, 1.165) is 33.5 Å². The third-order valence-electron chi connectivity index (χ3n) is 9.65. The molecule has 0 saturated carbocycles. The summed E-state index contributed by atoms with van der Waals surface area (Å²) in [5, 5.41) is 22.1. The Morgan fingerprint density at radius 2 is 1.49 bits per heavy atom. The molecule has 4 aromatic carbocycles. The molecule has 210 valence electrons. The van der Waals surface area contributed by atoms with Crippen molar-refractivity contribution in [1.29, 1.82) is 5.26 Å². The molecule has 1 amide bonds. The molecule has 4 heterocycles. The van der Waals surface area contributed by atoms with Gasteiger partial charge >= 0.3 is 0 Å². The number of fused-ring (bicyclic) bond motifs is 7. The van der Waals surface area contributed by atoms with Crippen LogP contribution < -0.4 is 5.01 Å². The first kappa shape index (κ1) is 25.6. The topological polar surface area (TPSA) is 81.3 Å². The zero-order valence-electron chi connectivity index (χ0n) is 23.8. The van der Waals surface area contributed by atoms with E-state index >= 15 is 4.79 Å². The van der Waals surface area contributed by atoms with Crippen molar-refractivity contribution in [2.75, 3.05) is 5.01 Å². The first-order valence-electron chi connectivity index (χ1n) is 14.6. The fourth-order valence-corrected chi connectivity index (χ4v) is 7.86. The summed E-state index contributed by atoms with van der Waals surface area (Å²) in [6.45, 7) is 3.98. The molecule has 1 saturated heterocycles. The van der Waals surface area contributed by atoms with Gasteiger partial charge in [-0.05, 0) is 42.7 Å². The van der Waals surface area contributed by atoms with Crippen molar-refractivity contribution in [3.05, 3.63) is 137 Å². The van der Waals surface area contributed by atoms with Crippen LogP contribution in [0.1, 0.15) is 52.6 Å². The Hall–Kier alpha value is -5.06. The van der Waals surface area contributed by atoms with E-state index in [4.69, 9.17) is 9.94 Å². The third-order valence-corrected chi connectivity index (χ3v) is 9.65. The van der Waals surface area contributed by atoms with Crippen molar-refractivity contribution < 1.29 is 9.63 Å². The summed E-state index contributed by atoms with van der Waals surface area (Å²) in [5.74, 6) is -0.854. The molecule has 43 heavy (non-hydrogen) atoms. The molecule has 0 radical (unpaired) electrons. The van der Waals surface area contributed by atoms with Gasteiger partial charge in [0.15, 0.2) is 6.23 Å². The van der Waals surface area contributed by atoms with Crippen LogP contribution in [0.15, 0.2) is 119 Å². The fourth-order valence-electron chi connectivity index (χ4n) is 7.86. The average Bonchev–Trinajstić information content (AvgIpc) is 3.70. The Balaban J connectivity index is 1.38. The molecule has 4 aliphatic rings. The number of hydrogen-bond donors (Lipinski definition) is 0. The van der Waals surface area contributed by atoms with Crippen LogP contribution in [-0.2, 0) is 9.63 Å². The van der Waals surface area contributed by atoms with Crippen molar-refractivity contribution in [3.8, 4) is 6.07 Å². The highest BCUT2D eigenvalue weighted by molar-refractivity contribution is 6.20. The number of carbonyl (C=O) groups excluding carboxylic acids is 1. The van der Waals surface area contributed by atoms with Gasteiger partial charge in [-0.3, -0.25) is 4.79 Å². The van der Waals surface area contributed by atoms with Gasteiger partial charge in [0.2, 0.25) is 0 Å². The minimum Gasteiger partial charge on any atom is -0.375 e. The number of nitriles is 1. The molecule has 4 aromatic rings. The number of oxime groups is 1. The second kappa shape index (κ2) is 9.48. The number of carbonyl (C=O) groups is 1. The molecule has 7 heteroatoms. The number of nitrogens with zero attached hydrogens (tertiary/aromatic N) is 5. The third kappa shape index (κ3) is 3.41. The first-order chi connectivity index (χ1) is 21.1. The molecule has 0 aliphatic carbocycles. The highest BCUT2D eigenvalue weighted by Crippen LogP contribution is 2.66. The van der Waals surface area contributed by atoms with Crippen LogP contribution in [0.5, 0.6) is 0 Å². The SMILES string of the molecule is CC1=NN(c2ccccc2)C(=O)[C@@]12[C@H](c1ccc(C)cc1)[C@@H](C#N)N1[C@H]3ON=C(c4ccccc4)[C@H]3c3ccccc3[C@@H]12. The molecule has 6 atom stereocenters. The number of benzene rings is 4. The molecule has 1 fully saturated rings. The second-order valence-corrected chi connectivity index (χ2v) is 11.8. The van der Waals surface area contributed by atoms with Crippen molar-refractivity contribution in [2.24, 2.45) is 15.7 Å². The van der Waals surface area contributed by atoms with Crippen molar-refractivity contribution in [3.63, 3.8) is 0 Å². The van der Waals surface area contributed by atoms with Crippen LogP contribution in [0.4, 0.5) is 5.69 Å². The number of rotatable bonds is 3. The van der Waals surface area contributed by atoms with E-state index in [1.54, 1.807) is 0 Å². The quantitative estimate of drug-likeness (QED) is 0.293. The molecule has 7 nitrogen and oxygen atoms in total. The second-order valence-electron chi connectivity index (χ2n) is 11.8. The van der Waals surface area contributed by atoms with Crippen molar-refractivity contribution in [1.82, 2.24) is 4.90 Å². The van der Waals surface area contributed by atoms with Gasteiger partial charge in [0.25, 0.3) is 5.91 Å². The Morgan fingerprint density at radius 3 is 2.19 bits per heavy atom. The summed E-state index contributed by atoms with van der Waals surface area (Å²) < 4.78 is 0. The molecular formula is C36H29N5O2. The lowest BCUT2D eigenvalue weighted by atomic mass is 9.63. The Labute approximate surface area is 250 Å². The minimum absolute atomic E-state index is 0.134. The van der Waals surface area contributed by atoms with Gasteiger partial charge in [0.1, 0.15) is 11.5 Å². The first-order valence-corrected chi connectivity index (χ1v) is 14.6. The van der Waals surface area contributed by atoms with Crippen LogP contribution in [0.2, 0.25) is 0 Å². The summed E-state index contributed by atoms with van der Waals surface area (Å²) in [7, 11) is 0. The smallest absolute Gasteiger partial charge is 0.262 e. The lowest BCUT2D eigenvalue weighted by molar-refractivity contribution is -0.128. The van der Waals surface area contributed by atoms with Crippen LogP contribution in [0.25, 0.3) is 0 Å². The monoisotopic (exact) mass is 563 g/mol. The lowest BCUT2D eigenvalue weighted by Gasteiger charge is -2.44.